The Morgan fingerprint density at radius 2 is 1.71 bits per heavy atom. The Morgan fingerprint density at radius 3 is 2.35 bits per heavy atom. The first kappa shape index (κ1) is 23.8. The number of aromatic nitrogens is 1. The molecule has 4 rings (SSSR count). The molecule has 0 saturated carbocycles. The van der Waals surface area contributed by atoms with Gasteiger partial charge in [-0.25, -0.2) is 4.79 Å². The van der Waals surface area contributed by atoms with Gasteiger partial charge in [0.15, 0.2) is 11.5 Å². The van der Waals surface area contributed by atoms with E-state index in [0.717, 1.165) is 5.56 Å². The van der Waals surface area contributed by atoms with Crippen LogP contribution in [0.4, 0.5) is 13.6 Å². The second-order valence-corrected chi connectivity index (χ2v) is 9.52. The van der Waals surface area contributed by atoms with Crippen LogP contribution in [0.5, 0.6) is 11.5 Å². The third-order valence-electron chi connectivity index (χ3n) is 5.19. The van der Waals surface area contributed by atoms with Gasteiger partial charge in [-0.3, -0.25) is 4.98 Å². The average Bonchev–Trinajstić information content (AvgIpc) is 3.06. The van der Waals surface area contributed by atoms with Crippen LogP contribution < -0.4 is 20.1 Å². The fraction of sp³-hybridized carbons (Fsp3) is 0.280. The maximum Gasteiger partial charge on any atom is 0.586 e. The molecule has 2 N–H and O–H groups in total. The zero-order valence-electron chi connectivity index (χ0n) is 18.9. The van der Waals surface area contributed by atoms with Crippen LogP contribution >= 0.6 is 11.6 Å². The van der Waals surface area contributed by atoms with Crippen LogP contribution in [0.25, 0.3) is 0 Å². The highest BCUT2D eigenvalue weighted by molar-refractivity contribution is 6.30. The summed E-state index contributed by atoms with van der Waals surface area (Å²) in [6, 6.07) is 16.8. The molecule has 0 bridgehead atoms. The second-order valence-electron chi connectivity index (χ2n) is 9.09. The summed E-state index contributed by atoms with van der Waals surface area (Å²) >= 11 is 6.09. The van der Waals surface area contributed by atoms with Crippen molar-refractivity contribution in [1.29, 1.82) is 0 Å². The molecular formula is C25H24ClF2N3O3. The molecule has 0 fully saturated rings. The minimum atomic E-state index is -3.77. The summed E-state index contributed by atoms with van der Waals surface area (Å²) in [5.41, 5.74) is 0.0637. The number of rotatable bonds is 5. The maximum atomic E-state index is 13.7. The Balaban J connectivity index is 1.88. The number of carbonyl (C=O) groups excluding carboxylic acids is 1. The normalized spacial score (nSPS) is 15.9. The van der Waals surface area contributed by atoms with Crippen LogP contribution in [0.3, 0.4) is 0 Å². The predicted octanol–water partition coefficient (Wildman–Crippen LogP) is 5.64. The molecule has 34 heavy (non-hydrogen) atoms. The number of carbonyl (C=O) groups is 1. The molecule has 1 unspecified atom stereocenters. The van der Waals surface area contributed by atoms with E-state index in [2.05, 4.69) is 20.4 Å². The van der Waals surface area contributed by atoms with Gasteiger partial charge in [0.05, 0.1) is 10.7 Å². The molecule has 1 aliphatic rings. The summed E-state index contributed by atoms with van der Waals surface area (Å²) in [6.45, 7) is 5.57. The summed E-state index contributed by atoms with van der Waals surface area (Å²) in [5, 5.41) is 6.38. The number of pyridine rings is 1. The molecule has 0 aliphatic carbocycles. The number of ether oxygens (including phenoxy) is 2. The van der Waals surface area contributed by atoms with Gasteiger partial charge in [0.2, 0.25) is 0 Å². The smallest absolute Gasteiger partial charge is 0.395 e. The Hall–Kier alpha value is -3.39. The highest BCUT2D eigenvalue weighted by atomic mass is 35.5. The van der Waals surface area contributed by atoms with Crippen molar-refractivity contribution in [3.8, 4) is 11.5 Å². The topological polar surface area (TPSA) is 72.5 Å². The lowest BCUT2D eigenvalue weighted by Gasteiger charge is -2.36. The predicted molar refractivity (Wildman–Crippen MR) is 124 cm³/mol. The van der Waals surface area contributed by atoms with Gasteiger partial charge < -0.3 is 20.1 Å². The standard InChI is InChI=1S/C25H24ClF2N3O3/c1-23(2,3)30-22(32)31-24(14-16-7-5-4-6-8-16,21-12-10-18(26)15-29-21)17-9-11-19-20(13-17)34-25(27,28)33-19/h4-13,15H,14H2,1-3H3,(H2,30,31,32). The van der Waals surface area contributed by atoms with E-state index in [1.54, 1.807) is 18.2 Å². The summed E-state index contributed by atoms with van der Waals surface area (Å²) < 4.78 is 36.7. The van der Waals surface area contributed by atoms with E-state index in [-0.39, 0.29) is 17.9 Å². The molecule has 9 heteroatoms. The highest BCUT2D eigenvalue weighted by Gasteiger charge is 2.45. The van der Waals surface area contributed by atoms with Gasteiger partial charge in [0.1, 0.15) is 5.54 Å². The van der Waals surface area contributed by atoms with E-state index in [4.69, 9.17) is 16.3 Å². The summed E-state index contributed by atoms with van der Waals surface area (Å²) in [7, 11) is 0. The first-order chi connectivity index (χ1) is 16.0. The van der Waals surface area contributed by atoms with Crippen molar-refractivity contribution < 1.29 is 23.0 Å². The van der Waals surface area contributed by atoms with Gasteiger partial charge in [-0.1, -0.05) is 48.0 Å². The van der Waals surface area contributed by atoms with E-state index in [9.17, 15) is 13.6 Å². The fourth-order valence-electron chi connectivity index (χ4n) is 3.83. The summed E-state index contributed by atoms with van der Waals surface area (Å²) in [6.07, 6.45) is -2.02. The number of fused-ring (bicyclic) bond motifs is 1. The first-order valence-corrected chi connectivity index (χ1v) is 11.0. The number of hydrogen-bond donors (Lipinski definition) is 2. The Kier molecular flexibility index (Phi) is 6.12. The monoisotopic (exact) mass is 487 g/mol. The van der Waals surface area contributed by atoms with E-state index in [0.29, 0.717) is 16.3 Å². The van der Waals surface area contributed by atoms with Gasteiger partial charge in [-0.2, -0.15) is 0 Å². The molecule has 0 saturated heterocycles. The average molecular weight is 488 g/mol. The van der Waals surface area contributed by atoms with Crippen LogP contribution in [0.2, 0.25) is 5.02 Å². The third kappa shape index (κ3) is 5.22. The Bertz CT molecular complexity index is 1180. The van der Waals surface area contributed by atoms with Crippen molar-refractivity contribution in [2.45, 2.75) is 44.6 Å². The largest absolute Gasteiger partial charge is 0.586 e. The molecule has 1 aliphatic heterocycles. The lowest BCUT2D eigenvalue weighted by atomic mass is 9.80. The van der Waals surface area contributed by atoms with Crippen LogP contribution in [0.15, 0.2) is 66.9 Å². The van der Waals surface area contributed by atoms with Gasteiger partial charge >= 0.3 is 12.3 Å². The molecule has 2 heterocycles. The van der Waals surface area contributed by atoms with Crippen LogP contribution in [-0.4, -0.2) is 22.8 Å². The fourth-order valence-corrected chi connectivity index (χ4v) is 3.94. The molecule has 2 amide bonds. The number of urea groups is 1. The molecule has 6 nitrogen and oxygen atoms in total. The SMILES string of the molecule is CC(C)(C)NC(=O)NC(Cc1ccccc1)(c1ccc2c(c1)OC(F)(F)O2)c1ccc(Cl)cn1. The minimum absolute atomic E-state index is 0.0921. The van der Waals surface area contributed by atoms with Crippen molar-refractivity contribution in [3.05, 3.63) is 88.7 Å². The zero-order valence-corrected chi connectivity index (χ0v) is 19.6. The lowest BCUT2D eigenvalue weighted by Crippen LogP contribution is -2.56. The Labute approximate surface area is 201 Å². The van der Waals surface area contributed by atoms with E-state index in [1.165, 1.54) is 18.3 Å². The number of benzene rings is 2. The van der Waals surface area contributed by atoms with Crippen molar-refractivity contribution in [3.63, 3.8) is 0 Å². The van der Waals surface area contributed by atoms with Crippen LogP contribution in [0.1, 0.15) is 37.6 Å². The summed E-state index contributed by atoms with van der Waals surface area (Å²) in [5.74, 6) is -0.225. The molecule has 0 spiro atoms. The number of nitrogens with zero attached hydrogens (tertiary/aromatic N) is 1. The second kappa shape index (κ2) is 8.76. The molecule has 1 atom stereocenters. The number of amides is 2. The van der Waals surface area contributed by atoms with Crippen molar-refractivity contribution in [1.82, 2.24) is 15.6 Å². The molecule has 3 aromatic rings. The number of halogens is 3. The minimum Gasteiger partial charge on any atom is -0.395 e. The van der Waals surface area contributed by atoms with Crippen LogP contribution in [0, 0.1) is 0 Å². The highest BCUT2D eigenvalue weighted by Crippen LogP contribution is 2.44. The van der Waals surface area contributed by atoms with E-state index < -0.39 is 23.4 Å². The maximum absolute atomic E-state index is 13.7. The van der Waals surface area contributed by atoms with Crippen molar-refractivity contribution in [2.75, 3.05) is 0 Å². The third-order valence-corrected chi connectivity index (χ3v) is 5.41. The van der Waals surface area contributed by atoms with Gasteiger partial charge in [0.25, 0.3) is 0 Å². The van der Waals surface area contributed by atoms with Gasteiger partial charge in [0, 0.05) is 18.2 Å². The van der Waals surface area contributed by atoms with E-state index >= 15 is 0 Å². The molecule has 1 aromatic heterocycles. The number of nitrogens with one attached hydrogen (secondary N) is 2. The Morgan fingerprint density at radius 1 is 1.00 bits per heavy atom. The quantitative estimate of drug-likeness (QED) is 0.488. The molecular weight excluding hydrogens is 464 g/mol. The molecule has 2 aromatic carbocycles. The van der Waals surface area contributed by atoms with Crippen molar-refractivity contribution >= 4 is 17.6 Å². The number of hydrogen-bond acceptors (Lipinski definition) is 4. The zero-order chi connectivity index (χ0) is 24.6. The van der Waals surface area contributed by atoms with Gasteiger partial charge in [-0.05, 0) is 56.2 Å². The summed E-state index contributed by atoms with van der Waals surface area (Å²) in [4.78, 5) is 17.7. The molecule has 0 radical (unpaired) electrons. The van der Waals surface area contributed by atoms with Crippen LogP contribution in [-0.2, 0) is 12.0 Å². The number of alkyl halides is 2. The molecule has 178 valence electrons. The van der Waals surface area contributed by atoms with E-state index in [1.807, 2.05) is 51.1 Å². The van der Waals surface area contributed by atoms with Crippen molar-refractivity contribution in [2.24, 2.45) is 0 Å². The van der Waals surface area contributed by atoms with Gasteiger partial charge in [-0.15, -0.1) is 8.78 Å². The lowest BCUT2D eigenvalue weighted by molar-refractivity contribution is -0.286. The first-order valence-electron chi connectivity index (χ1n) is 10.6.